The molecule has 2 unspecified atom stereocenters. The summed E-state index contributed by atoms with van der Waals surface area (Å²) in [5, 5.41) is 19.6. The van der Waals surface area contributed by atoms with Gasteiger partial charge in [0.25, 0.3) is 0 Å². The van der Waals surface area contributed by atoms with Crippen LogP contribution in [-0.4, -0.2) is 22.3 Å². The van der Waals surface area contributed by atoms with Gasteiger partial charge in [0.2, 0.25) is 0 Å². The number of carboxylic acid groups (broad SMARTS) is 1. The molecule has 0 aromatic carbocycles. The molecule has 0 aliphatic heterocycles. The summed E-state index contributed by atoms with van der Waals surface area (Å²) in [6, 6.07) is 0. The molecule has 0 aromatic heterocycles. The normalized spacial score (nSPS) is 28.2. The van der Waals surface area contributed by atoms with Gasteiger partial charge in [0, 0.05) is 0 Å². The van der Waals surface area contributed by atoms with Crippen LogP contribution < -0.4 is 0 Å². The van der Waals surface area contributed by atoms with Crippen LogP contribution in [0.4, 0.5) is 0 Å². The molecule has 3 nitrogen and oxygen atoms in total. The molecule has 2 N–H and O–H groups in total. The lowest BCUT2D eigenvalue weighted by Crippen LogP contribution is -2.40. The minimum absolute atomic E-state index is 0.0205. The fraction of sp³-hybridized carbons (Fsp3) is 0.938. The summed E-state index contributed by atoms with van der Waals surface area (Å²) in [5.74, 6) is -0.662. The predicted molar refractivity (Wildman–Crippen MR) is 76.9 cm³/mol. The van der Waals surface area contributed by atoms with Crippen molar-refractivity contribution in [2.24, 2.45) is 29.1 Å². The molecule has 2 atom stereocenters. The van der Waals surface area contributed by atoms with Crippen LogP contribution in [0.25, 0.3) is 0 Å². The fourth-order valence-electron chi connectivity index (χ4n) is 3.45. The van der Waals surface area contributed by atoms with Crippen molar-refractivity contribution in [1.29, 1.82) is 0 Å². The van der Waals surface area contributed by atoms with Gasteiger partial charge in [-0.3, -0.25) is 4.79 Å². The van der Waals surface area contributed by atoms with Gasteiger partial charge >= 0.3 is 5.97 Å². The number of aliphatic carboxylic acids is 1. The van der Waals surface area contributed by atoms with E-state index >= 15 is 0 Å². The van der Waals surface area contributed by atoms with Crippen molar-refractivity contribution < 1.29 is 15.0 Å². The molecule has 1 aliphatic rings. The number of hydrogen-bond donors (Lipinski definition) is 2. The molecular weight excluding hydrogens is 240 g/mol. The Morgan fingerprint density at radius 1 is 1.11 bits per heavy atom. The summed E-state index contributed by atoms with van der Waals surface area (Å²) in [6.45, 7) is 10.6. The van der Waals surface area contributed by atoms with Crippen molar-refractivity contribution in [3.8, 4) is 0 Å². The topological polar surface area (TPSA) is 57.5 Å². The monoisotopic (exact) mass is 270 g/mol. The van der Waals surface area contributed by atoms with E-state index in [4.69, 9.17) is 0 Å². The van der Waals surface area contributed by atoms with E-state index in [-0.39, 0.29) is 11.8 Å². The lowest BCUT2D eigenvalue weighted by Gasteiger charge is -2.39. The molecule has 1 aliphatic carbocycles. The van der Waals surface area contributed by atoms with Crippen LogP contribution in [0.5, 0.6) is 0 Å². The quantitative estimate of drug-likeness (QED) is 0.821. The first-order valence-electron chi connectivity index (χ1n) is 7.55. The van der Waals surface area contributed by atoms with Crippen LogP contribution in [-0.2, 0) is 4.79 Å². The Morgan fingerprint density at radius 3 is 1.89 bits per heavy atom. The van der Waals surface area contributed by atoms with Gasteiger partial charge in [-0.05, 0) is 48.9 Å². The third-order valence-corrected chi connectivity index (χ3v) is 4.85. The van der Waals surface area contributed by atoms with Crippen LogP contribution >= 0.6 is 0 Å². The zero-order valence-electron chi connectivity index (χ0n) is 13.0. The van der Waals surface area contributed by atoms with E-state index in [0.717, 1.165) is 25.7 Å². The van der Waals surface area contributed by atoms with Crippen LogP contribution in [0.15, 0.2) is 0 Å². The van der Waals surface area contributed by atoms with Crippen molar-refractivity contribution in [2.45, 2.75) is 66.4 Å². The molecule has 112 valence electrons. The first kappa shape index (κ1) is 16.5. The van der Waals surface area contributed by atoms with Crippen molar-refractivity contribution >= 4 is 5.97 Å². The Morgan fingerprint density at radius 2 is 1.58 bits per heavy atom. The second-order valence-corrected chi connectivity index (χ2v) is 7.58. The summed E-state index contributed by atoms with van der Waals surface area (Å²) in [7, 11) is 0. The molecule has 0 aromatic rings. The number of carbonyl (C=O) groups is 1. The zero-order valence-corrected chi connectivity index (χ0v) is 13.0. The van der Waals surface area contributed by atoms with E-state index in [2.05, 4.69) is 20.8 Å². The highest BCUT2D eigenvalue weighted by molar-refractivity contribution is 5.71. The number of aliphatic hydroxyl groups excluding tert-OH is 1. The van der Waals surface area contributed by atoms with Crippen molar-refractivity contribution in [3.63, 3.8) is 0 Å². The summed E-state index contributed by atoms with van der Waals surface area (Å²) >= 11 is 0. The number of hydrogen-bond acceptors (Lipinski definition) is 2. The molecule has 1 fully saturated rings. The predicted octanol–water partition coefficient (Wildman–Crippen LogP) is 3.56. The standard InChI is InChI=1S/C16H30O3/c1-10(2)13(15(18)19)14(17)11-6-8-12(9-7-11)16(3,4)5/h10-14,17H,6-9H2,1-5H3,(H,18,19). The Labute approximate surface area is 117 Å². The van der Waals surface area contributed by atoms with Crippen molar-refractivity contribution in [1.82, 2.24) is 0 Å². The molecular formula is C16H30O3. The Bertz CT molecular complexity index is 296. The number of aliphatic hydroxyl groups is 1. The van der Waals surface area contributed by atoms with Gasteiger partial charge in [-0.1, -0.05) is 34.6 Å². The molecule has 0 amide bonds. The van der Waals surface area contributed by atoms with E-state index in [1.165, 1.54) is 0 Å². The number of carboxylic acids is 1. The zero-order chi connectivity index (χ0) is 14.8. The maximum atomic E-state index is 11.3. The average Bonchev–Trinajstić information content (AvgIpc) is 2.27. The SMILES string of the molecule is CC(C)C(C(=O)O)C(O)C1CCC(C(C)(C)C)CC1. The largest absolute Gasteiger partial charge is 0.481 e. The van der Waals surface area contributed by atoms with E-state index < -0.39 is 18.0 Å². The highest BCUT2D eigenvalue weighted by Gasteiger charge is 2.38. The van der Waals surface area contributed by atoms with E-state index in [0.29, 0.717) is 11.3 Å². The summed E-state index contributed by atoms with van der Waals surface area (Å²) in [5.41, 5.74) is 0.320. The summed E-state index contributed by atoms with van der Waals surface area (Å²) < 4.78 is 0. The van der Waals surface area contributed by atoms with Gasteiger partial charge in [-0.2, -0.15) is 0 Å². The second kappa shape index (κ2) is 6.25. The molecule has 0 heterocycles. The van der Waals surface area contributed by atoms with Crippen LogP contribution in [0.3, 0.4) is 0 Å². The molecule has 3 heteroatoms. The lowest BCUT2D eigenvalue weighted by molar-refractivity contribution is -0.150. The molecule has 1 saturated carbocycles. The van der Waals surface area contributed by atoms with Crippen LogP contribution in [0.1, 0.15) is 60.3 Å². The molecule has 0 saturated heterocycles. The van der Waals surface area contributed by atoms with E-state index in [9.17, 15) is 15.0 Å². The van der Waals surface area contributed by atoms with Crippen molar-refractivity contribution in [2.75, 3.05) is 0 Å². The molecule has 0 spiro atoms. The Balaban J connectivity index is 2.62. The third-order valence-electron chi connectivity index (χ3n) is 4.85. The van der Waals surface area contributed by atoms with E-state index in [1.54, 1.807) is 0 Å². The second-order valence-electron chi connectivity index (χ2n) is 7.58. The van der Waals surface area contributed by atoms with Crippen molar-refractivity contribution in [3.05, 3.63) is 0 Å². The van der Waals surface area contributed by atoms with Gasteiger partial charge in [0.1, 0.15) is 0 Å². The molecule has 19 heavy (non-hydrogen) atoms. The number of rotatable bonds is 4. The van der Waals surface area contributed by atoms with Gasteiger partial charge in [-0.25, -0.2) is 0 Å². The lowest BCUT2D eigenvalue weighted by atomic mass is 9.67. The fourth-order valence-corrected chi connectivity index (χ4v) is 3.45. The maximum Gasteiger partial charge on any atom is 0.309 e. The minimum atomic E-state index is -0.861. The molecule has 0 radical (unpaired) electrons. The first-order chi connectivity index (χ1) is 8.64. The molecule has 0 bridgehead atoms. The Kier molecular flexibility index (Phi) is 5.43. The van der Waals surface area contributed by atoms with Crippen LogP contribution in [0, 0.1) is 29.1 Å². The van der Waals surface area contributed by atoms with Gasteiger partial charge < -0.3 is 10.2 Å². The minimum Gasteiger partial charge on any atom is -0.481 e. The van der Waals surface area contributed by atoms with Gasteiger partial charge in [-0.15, -0.1) is 0 Å². The van der Waals surface area contributed by atoms with E-state index in [1.807, 2.05) is 13.8 Å². The van der Waals surface area contributed by atoms with Gasteiger partial charge in [0.15, 0.2) is 0 Å². The van der Waals surface area contributed by atoms with Gasteiger partial charge in [0.05, 0.1) is 12.0 Å². The maximum absolute atomic E-state index is 11.3. The molecule has 1 rings (SSSR count). The average molecular weight is 270 g/mol. The summed E-state index contributed by atoms with van der Waals surface area (Å²) in [4.78, 5) is 11.3. The highest BCUT2D eigenvalue weighted by atomic mass is 16.4. The Hall–Kier alpha value is -0.570. The summed E-state index contributed by atoms with van der Waals surface area (Å²) in [6.07, 6.45) is 3.43. The first-order valence-corrected chi connectivity index (χ1v) is 7.55. The smallest absolute Gasteiger partial charge is 0.309 e. The third kappa shape index (κ3) is 4.20. The van der Waals surface area contributed by atoms with Crippen LogP contribution in [0.2, 0.25) is 0 Å². The highest BCUT2D eigenvalue weighted by Crippen LogP contribution is 2.42.